The van der Waals surface area contributed by atoms with E-state index in [-0.39, 0.29) is 16.2 Å². The number of aromatic hydroxyl groups is 1. The highest BCUT2D eigenvalue weighted by Gasteiger charge is 2.20. The number of hydrogen-bond acceptors (Lipinski definition) is 4. The largest absolute Gasteiger partial charge is 0.494 e. The van der Waals surface area contributed by atoms with E-state index in [1.165, 1.54) is 18.4 Å². The zero-order chi connectivity index (χ0) is 20.5. The van der Waals surface area contributed by atoms with Crippen LogP contribution in [0.4, 0.5) is 5.69 Å². The molecule has 0 spiro atoms. The molecule has 1 aliphatic carbocycles. The van der Waals surface area contributed by atoms with E-state index in [0.717, 1.165) is 46.3 Å². The lowest BCUT2D eigenvalue weighted by molar-refractivity contribution is 0.401. The van der Waals surface area contributed by atoms with Crippen LogP contribution in [0.25, 0.3) is 11.6 Å². The molecule has 0 saturated heterocycles. The van der Waals surface area contributed by atoms with Crippen molar-refractivity contribution < 1.29 is 5.11 Å². The fourth-order valence-corrected chi connectivity index (χ4v) is 4.52. The van der Waals surface area contributed by atoms with E-state index < -0.39 is 5.56 Å². The number of nitrogens with one attached hydrogen (secondary N) is 1. The predicted molar refractivity (Wildman–Crippen MR) is 124 cm³/mol. The molecular formula is C22H22BrN3O2S. The molecular weight excluding hydrogens is 450 g/mol. The Morgan fingerprint density at radius 1 is 1.38 bits per heavy atom. The Morgan fingerprint density at radius 3 is 2.97 bits per heavy atom. The molecule has 2 aromatic rings. The van der Waals surface area contributed by atoms with Gasteiger partial charge in [-0.3, -0.25) is 19.3 Å². The highest BCUT2D eigenvalue weighted by atomic mass is 79.9. The summed E-state index contributed by atoms with van der Waals surface area (Å²) in [4.78, 5) is 19.9. The van der Waals surface area contributed by atoms with Gasteiger partial charge in [0.15, 0.2) is 4.77 Å². The van der Waals surface area contributed by atoms with Crippen molar-refractivity contribution in [3.8, 4) is 5.88 Å². The Morgan fingerprint density at radius 2 is 2.21 bits per heavy atom. The molecule has 0 fully saturated rings. The third-order valence-corrected chi connectivity index (χ3v) is 6.28. The van der Waals surface area contributed by atoms with Crippen LogP contribution in [0.15, 0.2) is 44.1 Å². The standard InChI is InChI=1S/C22H22BrN3O2S/c1-13-16(17-11-15(23)7-8-19(17)24-13)12-18-20(27)25-22(29)26(21(18)28)10-9-14-5-3-2-4-6-14/h5,7-8,11-12,28H,2-4,6,9-10H2,1H3,(H,25,27,29)/b16-12+. The number of benzene rings is 1. The van der Waals surface area contributed by atoms with Crippen molar-refractivity contribution in [1.29, 1.82) is 0 Å². The summed E-state index contributed by atoms with van der Waals surface area (Å²) in [6.45, 7) is 2.44. The zero-order valence-corrected chi connectivity index (χ0v) is 18.6. The second-order valence-corrected chi connectivity index (χ2v) is 8.73. The predicted octanol–water partition coefficient (Wildman–Crippen LogP) is 5.91. The average Bonchev–Trinajstić information content (AvgIpc) is 3.00. The Balaban J connectivity index is 1.74. The molecule has 0 unspecified atom stereocenters. The Kier molecular flexibility index (Phi) is 5.69. The first-order valence-electron chi connectivity index (χ1n) is 9.75. The van der Waals surface area contributed by atoms with Gasteiger partial charge in [0.2, 0.25) is 5.88 Å². The topological polar surface area (TPSA) is 70.4 Å². The summed E-state index contributed by atoms with van der Waals surface area (Å²) in [7, 11) is 0. The number of aliphatic imine (C=N–C) groups is 1. The van der Waals surface area contributed by atoms with Crippen molar-refractivity contribution in [2.75, 3.05) is 0 Å². The molecule has 2 heterocycles. The fourth-order valence-electron chi connectivity index (χ4n) is 3.88. The minimum absolute atomic E-state index is 0.0982. The van der Waals surface area contributed by atoms with Crippen molar-refractivity contribution in [1.82, 2.24) is 9.55 Å². The number of H-pyrrole nitrogens is 1. The second-order valence-electron chi connectivity index (χ2n) is 7.42. The van der Waals surface area contributed by atoms with Crippen LogP contribution in [0.5, 0.6) is 5.88 Å². The van der Waals surface area contributed by atoms with Gasteiger partial charge in [0.05, 0.1) is 5.69 Å². The number of aromatic nitrogens is 2. The van der Waals surface area contributed by atoms with E-state index in [2.05, 4.69) is 32.0 Å². The first-order valence-corrected chi connectivity index (χ1v) is 11.0. The van der Waals surface area contributed by atoms with Gasteiger partial charge < -0.3 is 5.11 Å². The molecule has 0 amide bonds. The normalized spacial score (nSPS) is 17.2. The zero-order valence-electron chi connectivity index (χ0n) is 16.2. The second kappa shape index (κ2) is 8.24. The van der Waals surface area contributed by atoms with Crippen LogP contribution in [0.3, 0.4) is 0 Å². The van der Waals surface area contributed by atoms with Gasteiger partial charge in [-0.2, -0.15) is 0 Å². The van der Waals surface area contributed by atoms with Crippen molar-refractivity contribution >= 4 is 51.2 Å². The summed E-state index contributed by atoms with van der Waals surface area (Å²) in [5, 5.41) is 10.9. The number of halogens is 1. The molecule has 5 nitrogen and oxygen atoms in total. The summed E-state index contributed by atoms with van der Waals surface area (Å²) in [5.74, 6) is -0.0982. The highest BCUT2D eigenvalue weighted by molar-refractivity contribution is 9.10. The number of hydrogen-bond donors (Lipinski definition) is 2. The van der Waals surface area contributed by atoms with Gasteiger partial charge in [-0.15, -0.1) is 0 Å². The molecule has 4 rings (SSSR count). The van der Waals surface area contributed by atoms with Crippen molar-refractivity contribution in [2.45, 2.75) is 45.6 Å². The summed E-state index contributed by atoms with van der Waals surface area (Å²) >= 11 is 8.80. The fraction of sp³-hybridized carbons (Fsp3) is 0.318. The average molecular weight is 472 g/mol. The van der Waals surface area contributed by atoms with Crippen LogP contribution < -0.4 is 5.56 Å². The molecule has 150 valence electrons. The van der Waals surface area contributed by atoms with Crippen LogP contribution >= 0.6 is 28.1 Å². The number of rotatable bonds is 4. The first kappa shape index (κ1) is 20.0. The first-order chi connectivity index (χ1) is 13.9. The summed E-state index contributed by atoms with van der Waals surface area (Å²) < 4.78 is 2.79. The van der Waals surface area contributed by atoms with Crippen LogP contribution in [0.1, 0.15) is 50.2 Å². The Bertz CT molecular complexity index is 1190. The van der Waals surface area contributed by atoms with Crippen LogP contribution in [-0.2, 0) is 6.54 Å². The van der Waals surface area contributed by atoms with E-state index in [9.17, 15) is 9.90 Å². The maximum Gasteiger partial charge on any atom is 0.262 e. The van der Waals surface area contributed by atoms with Crippen molar-refractivity contribution in [2.24, 2.45) is 4.99 Å². The smallest absolute Gasteiger partial charge is 0.262 e. The van der Waals surface area contributed by atoms with Gasteiger partial charge in [0.25, 0.3) is 5.56 Å². The molecule has 29 heavy (non-hydrogen) atoms. The van der Waals surface area contributed by atoms with E-state index in [1.807, 2.05) is 25.1 Å². The van der Waals surface area contributed by atoms with E-state index in [0.29, 0.717) is 6.54 Å². The van der Waals surface area contributed by atoms with Gasteiger partial charge in [0.1, 0.15) is 5.56 Å². The monoisotopic (exact) mass is 471 g/mol. The molecule has 0 radical (unpaired) electrons. The van der Waals surface area contributed by atoms with Crippen LogP contribution in [0.2, 0.25) is 0 Å². The number of nitrogens with zero attached hydrogens (tertiary/aromatic N) is 2. The van der Waals surface area contributed by atoms with Gasteiger partial charge in [-0.05, 0) is 75.5 Å². The van der Waals surface area contributed by atoms with Crippen molar-refractivity contribution in [3.63, 3.8) is 0 Å². The molecule has 2 aliphatic rings. The molecule has 1 aromatic carbocycles. The van der Waals surface area contributed by atoms with Gasteiger partial charge >= 0.3 is 0 Å². The van der Waals surface area contributed by atoms with Gasteiger partial charge in [-0.1, -0.05) is 27.6 Å². The summed E-state index contributed by atoms with van der Waals surface area (Å²) in [6, 6.07) is 5.83. The Hall–Kier alpha value is -2.25. The number of aromatic amines is 1. The van der Waals surface area contributed by atoms with Crippen molar-refractivity contribution in [3.05, 3.63) is 60.6 Å². The lowest BCUT2D eigenvalue weighted by Crippen LogP contribution is -2.17. The molecule has 2 N–H and O–H groups in total. The molecule has 0 saturated carbocycles. The quantitative estimate of drug-likeness (QED) is 0.429. The molecule has 0 atom stereocenters. The highest BCUT2D eigenvalue weighted by Crippen LogP contribution is 2.38. The van der Waals surface area contributed by atoms with Crippen LogP contribution in [0, 0.1) is 4.77 Å². The molecule has 0 bridgehead atoms. The molecule has 1 aliphatic heterocycles. The number of fused-ring (bicyclic) bond motifs is 1. The number of allylic oxidation sites excluding steroid dienone is 3. The Labute approximate surface area is 182 Å². The minimum atomic E-state index is -0.399. The van der Waals surface area contributed by atoms with Crippen LogP contribution in [-0.4, -0.2) is 20.4 Å². The maximum atomic E-state index is 12.6. The SMILES string of the molecule is CC1=Nc2ccc(Br)cc2/C1=C/c1c(O)n(CCC2=CCCCC2)c(=S)[nH]c1=O. The molecule has 7 heteroatoms. The summed E-state index contributed by atoms with van der Waals surface area (Å²) in [5.41, 5.74) is 4.60. The lowest BCUT2D eigenvalue weighted by atomic mass is 9.97. The maximum absolute atomic E-state index is 12.6. The lowest BCUT2D eigenvalue weighted by Gasteiger charge is -2.15. The minimum Gasteiger partial charge on any atom is -0.494 e. The van der Waals surface area contributed by atoms with E-state index in [1.54, 1.807) is 10.6 Å². The van der Waals surface area contributed by atoms with Gasteiger partial charge in [0, 0.05) is 27.9 Å². The van der Waals surface area contributed by atoms with Gasteiger partial charge in [-0.25, -0.2) is 0 Å². The molecule has 1 aromatic heterocycles. The third-order valence-electron chi connectivity index (χ3n) is 5.46. The third kappa shape index (κ3) is 4.07. The summed E-state index contributed by atoms with van der Waals surface area (Å²) in [6.07, 6.45) is 9.46. The van der Waals surface area contributed by atoms with E-state index in [4.69, 9.17) is 12.2 Å². The van der Waals surface area contributed by atoms with E-state index >= 15 is 0 Å².